The summed E-state index contributed by atoms with van der Waals surface area (Å²) >= 11 is 21.4. The van der Waals surface area contributed by atoms with Gasteiger partial charge in [-0.25, -0.2) is 9.77 Å². The first-order valence-corrected chi connectivity index (χ1v) is 12.9. The molecule has 0 unspecified atom stereocenters. The Morgan fingerprint density at radius 2 is 1.81 bits per heavy atom. The number of aromatic nitrogens is 3. The molecular weight excluding hydrogens is 587 g/mol. The lowest BCUT2D eigenvalue weighted by molar-refractivity contribution is 0.269. The molecule has 11 heteroatoms. The monoisotopic (exact) mass is 608 g/mol. The van der Waals surface area contributed by atoms with Crippen LogP contribution < -0.4 is 19.6 Å². The van der Waals surface area contributed by atoms with Crippen molar-refractivity contribution in [1.82, 2.24) is 14.9 Å². The zero-order valence-electron chi connectivity index (χ0n) is 19.5. The number of H-pyrrole nitrogens is 1. The third kappa shape index (κ3) is 5.98. The summed E-state index contributed by atoms with van der Waals surface area (Å²) in [7, 11) is 1.62. The number of halogens is 3. The second-order valence-corrected chi connectivity index (χ2v) is 9.66. The quantitative estimate of drug-likeness (QED) is 0.182. The maximum Gasteiger partial charge on any atom is 0.214 e. The summed E-state index contributed by atoms with van der Waals surface area (Å²) in [6.07, 6.45) is 0. The van der Waals surface area contributed by atoms with Crippen LogP contribution in [0.15, 0.2) is 59.1 Å². The van der Waals surface area contributed by atoms with Gasteiger partial charge in [-0.1, -0.05) is 57.3 Å². The molecule has 0 fully saturated rings. The maximum absolute atomic E-state index is 6.29. The van der Waals surface area contributed by atoms with Crippen LogP contribution in [0.4, 0.5) is 0 Å². The lowest BCUT2D eigenvalue weighted by Gasteiger charge is -2.17. The fraction of sp³-hybridized carbons (Fsp3) is 0.200. The predicted molar refractivity (Wildman–Crippen MR) is 149 cm³/mol. The van der Waals surface area contributed by atoms with Crippen molar-refractivity contribution in [2.45, 2.75) is 20.1 Å². The van der Waals surface area contributed by atoms with Gasteiger partial charge in [0.25, 0.3) is 0 Å². The SMILES string of the molecule is CCOc1cc(CNn2c(-c3ccccc3OC)n[nH]c2=S)c(Br)cc1OCc1ccc(Cl)cc1Cl. The van der Waals surface area contributed by atoms with Gasteiger partial charge in [-0.2, -0.15) is 5.10 Å². The minimum absolute atomic E-state index is 0.270. The number of hydrogen-bond donors (Lipinski definition) is 2. The standard InChI is InChI=1S/C25H23BrCl2N4O3S/c1-3-34-22-10-16(19(26)12-23(22)35-14-15-8-9-17(27)11-20(15)28)13-29-32-24(30-31-25(32)36)18-6-4-5-7-21(18)33-2/h4-12,29H,3,13-14H2,1-2H3,(H,31,36). The number of methoxy groups -OCH3 is 1. The van der Waals surface area contributed by atoms with E-state index in [4.69, 9.17) is 49.6 Å². The molecule has 0 saturated heterocycles. The highest BCUT2D eigenvalue weighted by Crippen LogP contribution is 2.35. The zero-order valence-corrected chi connectivity index (χ0v) is 23.4. The van der Waals surface area contributed by atoms with Crippen molar-refractivity contribution in [3.8, 4) is 28.6 Å². The van der Waals surface area contributed by atoms with Crippen LogP contribution >= 0.6 is 51.3 Å². The Morgan fingerprint density at radius 1 is 1.03 bits per heavy atom. The summed E-state index contributed by atoms with van der Waals surface area (Å²) in [6.45, 7) is 3.11. The van der Waals surface area contributed by atoms with Gasteiger partial charge in [0.05, 0.1) is 25.8 Å². The first kappa shape index (κ1) is 26.3. The Kier molecular flexibility index (Phi) is 8.79. The number of nitrogens with one attached hydrogen (secondary N) is 2. The fourth-order valence-electron chi connectivity index (χ4n) is 3.51. The topological polar surface area (TPSA) is 73.3 Å². The van der Waals surface area contributed by atoms with Crippen LogP contribution in [0.2, 0.25) is 10.0 Å². The van der Waals surface area contributed by atoms with Gasteiger partial charge in [0.1, 0.15) is 12.4 Å². The van der Waals surface area contributed by atoms with Gasteiger partial charge < -0.3 is 19.6 Å². The van der Waals surface area contributed by atoms with E-state index >= 15 is 0 Å². The van der Waals surface area contributed by atoms with Crippen LogP contribution in [-0.4, -0.2) is 28.6 Å². The molecule has 0 saturated carbocycles. The molecule has 0 radical (unpaired) electrons. The van der Waals surface area contributed by atoms with E-state index in [0.717, 1.165) is 21.2 Å². The van der Waals surface area contributed by atoms with Gasteiger partial charge in [0.15, 0.2) is 17.3 Å². The molecular formula is C25H23BrCl2N4O3S. The molecule has 188 valence electrons. The molecule has 2 N–H and O–H groups in total. The number of hydrogen-bond acceptors (Lipinski definition) is 6. The van der Waals surface area contributed by atoms with Crippen molar-refractivity contribution in [2.75, 3.05) is 19.1 Å². The Morgan fingerprint density at radius 3 is 2.56 bits per heavy atom. The molecule has 0 atom stereocenters. The first-order valence-electron chi connectivity index (χ1n) is 11.0. The van der Waals surface area contributed by atoms with Crippen molar-refractivity contribution < 1.29 is 14.2 Å². The number of benzene rings is 3. The van der Waals surface area contributed by atoms with Crippen LogP contribution in [0.3, 0.4) is 0 Å². The summed E-state index contributed by atoms with van der Waals surface area (Å²) in [4.78, 5) is 0. The van der Waals surface area contributed by atoms with Crippen molar-refractivity contribution in [1.29, 1.82) is 0 Å². The van der Waals surface area contributed by atoms with E-state index in [2.05, 4.69) is 31.6 Å². The minimum Gasteiger partial charge on any atom is -0.496 e. The normalized spacial score (nSPS) is 10.8. The largest absolute Gasteiger partial charge is 0.496 e. The Balaban J connectivity index is 1.56. The highest BCUT2D eigenvalue weighted by atomic mass is 79.9. The summed E-state index contributed by atoms with van der Waals surface area (Å²) < 4.78 is 20.4. The molecule has 0 aliphatic heterocycles. The van der Waals surface area contributed by atoms with E-state index in [1.807, 2.05) is 49.4 Å². The fourth-order valence-corrected chi connectivity index (χ4v) is 4.63. The van der Waals surface area contributed by atoms with Crippen LogP contribution in [0.1, 0.15) is 18.1 Å². The Bertz CT molecular complexity index is 1430. The lowest BCUT2D eigenvalue weighted by Crippen LogP contribution is -2.16. The minimum atomic E-state index is 0.270. The van der Waals surface area contributed by atoms with E-state index in [-0.39, 0.29) is 6.61 Å². The van der Waals surface area contributed by atoms with Crippen molar-refractivity contribution in [2.24, 2.45) is 0 Å². The van der Waals surface area contributed by atoms with E-state index in [1.54, 1.807) is 23.9 Å². The molecule has 4 aromatic rings. The number of para-hydroxylation sites is 1. The Labute approximate surface area is 232 Å². The smallest absolute Gasteiger partial charge is 0.214 e. The second-order valence-electron chi connectivity index (χ2n) is 7.57. The summed E-state index contributed by atoms with van der Waals surface area (Å²) in [6, 6.07) is 16.7. The molecule has 1 aromatic heterocycles. The number of ether oxygens (including phenoxy) is 3. The van der Waals surface area contributed by atoms with E-state index in [1.165, 1.54) is 0 Å². The van der Waals surface area contributed by atoms with E-state index in [9.17, 15) is 0 Å². The van der Waals surface area contributed by atoms with Crippen LogP contribution in [0.25, 0.3) is 11.4 Å². The van der Waals surface area contributed by atoms with Crippen molar-refractivity contribution in [3.05, 3.63) is 85.0 Å². The number of aromatic amines is 1. The third-order valence-corrected chi connectivity index (χ3v) is 6.86. The van der Waals surface area contributed by atoms with Crippen molar-refractivity contribution >= 4 is 51.3 Å². The summed E-state index contributed by atoms with van der Waals surface area (Å²) in [5, 5.41) is 8.34. The van der Waals surface area contributed by atoms with Gasteiger partial charge >= 0.3 is 0 Å². The highest BCUT2D eigenvalue weighted by molar-refractivity contribution is 9.10. The van der Waals surface area contributed by atoms with Crippen LogP contribution in [-0.2, 0) is 13.2 Å². The molecule has 7 nitrogen and oxygen atoms in total. The first-order chi connectivity index (χ1) is 17.4. The van der Waals surface area contributed by atoms with Gasteiger partial charge in [-0.15, -0.1) is 0 Å². The molecule has 0 bridgehead atoms. The Hall–Kier alpha value is -2.72. The zero-order chi connectivity index (χ0) is 25.7. The highest BCUT2D eigenvalue weighted by Gasteiger charge is 2.16. The summed E-state index contributed by atoms with van der Waals surface area (Å²) in [5.74, 6) is 2.51. The molecule has 3 aromatic carbocycles. The predicted octanol–water partition coefficient (Wildman–Crippen LogP) is 7.41. The number of rotatable bonds is 10. The average Bonchev–Trinajstić information content (AvgIpc) is 3.24. The number of nitrogens with zero attached hydrogens (tertiary/aromatic N) is 2. The molecule has 0 aliphatic carbocycles. The maximum atomic E-state index is 6.29. The van der Waals surface area contributed by atoms with Gasteiger partial charge in [0, 0.05) is 20.1 Å². The molecule has 0 amide bonds. The van der Waals surface area contributed by atoms with Gasteiger partial charge in [-0.3, -0.25) is 0 Å². The van der Waals surface area contributed by atoms with E-state index < -0.39 is 0 Å². The second kappa shape index (κ2) is 12.0. The molecule has 1 heterocycles. The van der Waals surface area contributed by atoms with Crippen LogP contribution in [0.5, 0.6) is 17.2 Å². The average molecular weight is 610 g/mol. The molecule has 0 spiro atoms. The lowest BCUT2D eigenvalue weighted by atomic mass is 10.2. The van der Waals surface area contributed by atoms with Gasteiger partial charge in [0.2, 0.25) is 4.77 Å². The molecule has 36 heavy (non-hydrogen) atoms. The van der Waals surface area contributed by atoms with E-state index in [0.29, 0.717) is 51.0 Å². The molecule has 0 aliphatic rings. The van der Waals surface area contributed by atoms with Crippen LogP contribution in [0, 0.1) is 4.77 Å². The molecule has 4 rings (SSSR count). The van der Waals surface area contributed by atoms with Crippen molar-refractivity contribution in [3.63, 3.8) is 0 Å². The van der Waals surface area contributed by atoms with Gasteiger partial charge in [-0.05, 0) is 61.1 Å². The third-order valence-electron chi connectivity index (χ3n) is 5.26. The summed E-state index contributed by atoms with van der Waals surface area (Å²) in [5.41, 5.74) is 5.90.